The molecule has 0 saturated carbocycles. The van der Waals surface area contributed by atoms with Crippen molar-refractivity contribution in [2.75, 3.05) is 11.5 Å². The molecule has 0 bridgehead atoms. The first-order chi connectivity index (χ1) is 9.78. The van der Waals surface area contributed by atoms with Crippen molar-refractivity contribution in [3.8, 4) is 11.3 Å². The third-order valence-electron chi connectivity index (χ3n) is 3.44. The summed E-state index contributed by atoms with van der Waals surface area (Å²) in [6, 6.07) is 8.41. The highest BCUT2D eigenvalue weighted by Crippen LogP contribution is 2.44. The summed E-state index contributed by atoms with van der Waals surface area (Å²) in [6.07, 6.45) is 0. The molecule has 2 N–H and O–H groups in total. The lowest BCUT2D eigenvalue weighted by Crippen LogP contribution is -2.15. The highest BCUT2D eigenvalue weighted by atomic mass is 32.2. The zero-order valence-corrected chi connectivity index (χ0v) is 13.9. The number of nitrogens with zero attached hydrogens (tertiary/aromatic N) is 1. The van der Waals surface area contributed by atoms with E-state index in [1.165, 1.54) is 22.1 Å². The van der Waals surface area contributed by atoms with Crippen LogP contribution in [0.25, 0.3) is 11.3 Å². The van der Waals surface area contributed by atoms with Crippen molar-refractivity contribution in [1.29, 1.82) is 0 Å². The number of thiazole rings is 1. The van der Waals surface area contributed by atoms with E-state index in [2.05, 4.69) is 48.3 Å². The Kier molecular flexibility index (Phi) is 4.71. The minimum atomic E-state index is 0.552. The molecule has 0 radical (unpaired) electrons. The Morgan fingerprint density at radius 3 is 2.65 bits per heavy atom. The maximum atomic E-state index is 5.64. The smallest absolute Gasteiger partial charge is 0.107 e. The van der Waals surface area contributed by atoms with Crippen molar-refractivity contribution in [3.63, 3.8) is 0 Å². The summed E-state index contributed by atoms with van der Waals surface area (Å²) in [6.45, 7) is 2.91. The van der Waals surface area contributed by atoms with Gasteiger partial charge in [0.2, 0.25) is 0 Å². The second kappa shape index (κ2) is 6.52. The van der Waals surface area contributed by atoms with Gasteiger partial charge in [0.15, 0.2) is 0 Å². The number of rotatable bonds is 3. The van der Waals surface area contributed by atoms with Crippen LogP contribution in [0.15, 0.2) is 29.6 Å². The van der Waals surface area contributed by atoms with Crippen LogP contribution >= 0.6 is 34.9 Å². The van der Waals surface area contributed by atoms with Crippen LogP contribution in [0.2, 0.25) is 0 Å². The lowest BCUT2D eigenvalue weighted by molar-refractivity contribution is 0.896. The van der Waals surface area contributed by atoms with Crippen molar-refractivity contribution >= 4 is 34.9 Å². The molecule has 5 heteroatoms. The molecule has 1 aromatic carbocycles. The Bertz CT molecular complexity index is 565. The molecule has 1 fully saturated rings. The topological polar surface area (TPSA) is 38.9 Å². The Morgan fingerprint density at radius 1 is 1.20 bits per heavy atom. The Morgan fingerprint density at radius 2 is 1.95 bits per heavy atom. The summed E-state index contributed by atoms with van der Waals surface area (Å²) >= 11 is 5.91. The standard InChI is InChI=1S/C15H18N2S3/c1-10-14(19-7-6-18-10)15-17-13(9-20-15)12-4-2-11(8-16)3-5-12/h2-5,9-10,14H,6-8,16H2,1H3. The molecule has 0 amide bonds. The molecule has 1 saturated heterocycles. The first kappa shape index (κ1) is 14.4. The Hall–Kier alpha value is -0.490. The van der Waals surface area contributed by atoms with Gasteiger partial charge in [0, 0.05) is 34.2 Å². The van der Waals surface area contributed by atoms with Gasteiger partial charge in [0.1, 0.15) is 5.01 Å². The maximum absolute atomic E-state index is 5.64. The number of nitrogens with two attached hydrogens (primary N) is 1. The molecule has 3 rings (SSSR count). The average molecular weight is 323 g/mol. The number of aromatic nitrogens is 1. The van der Waals surface area contributed by atoms with Crippen LogP contribution in [-0.2, 0) is 6.54 Å². The molecule has 2 unspecified atom stereocenters. The molecule has 106 valence electrons. The van der Waals surface area contributed by atoms with Crippen molar-refractivity contribution in [3.05, 3.63) is 40.2 Å². The predicted molar refractivity (Wildman–Crippen MR) is 92.6 cm³/mol. The molecule has 20 heavy (non-hydrogen) atoms. The molecule has 1 aliphatic rings. The molecule has 2 atom stereocenters. The molecule has 1 aromatic heterocycles. The van der Waals surface area contributed by atoms with Gasteiger partial charge >= 0.3 is 0 Å². The highest BCUT2D eigenvalue weighted by molar-refractivity contribution is 8.06. The minimum absolute atomic E-state index is 0.552. The van der Waals surface area contributed by atoms with E-state index >= 15 is 0 Å². The molecule has 2 heterocycles. The van der Waals surface area contributed by atoms with Gasteiger partial charge in [-0.15, -0.1) is 23.1 Å². The fourth-order valence-electron chi connectivity index (χ4n) is 2.27. The van der Waals surface area contributed by atoms with E-state index in [1.807, 2.05) is 11.8 Å². The lowest BCUT2D eigenvalue weighted by Gasteiger charge is -2.25. The lowest BCUT2D eigenvalue weighted by atomic mass is 10.1. The zero-order valence-electron chi connectivity index (χ0n) is 11.4. The van der Waals surface area contributed by atoms with E-state index in [4.69, 9.17) is 10.7 Å². The number of hydrogen-bond acceptors (Lipinski definition) is 5. The number of benzene rings is 1. The van der Waals surface area contributed by atoms with Crippen LogP contribution < -0.4 is 5.73 Å². The summed E-state index contributed by atoms with van der Waals surface area (Å²) < 4.78 is 0. The van der Waals surface area contributed by atoms with Crippen molar-refractivity contribution in [2.45, 2.75) is 24.0 Å². The van der Waals surface area contributed by atoms with Gasteiger partial charge < -0.3 is 5.73 Å². The molecule has 0 spiro atoms. The van der Waals surface area contributed by atoms with Gasteiger partial charge in [0.25, 0.3) is 0 Å². The largest absolute Gasteiger partial charge is 0.326 e. The third-order valence-corrected chi connectivity index (χ3v) is 7.61. The number of thioether (sulfide) groups is 2. The fraction of sp³-hybridized carbons (Fsp3) is 0.400. The highest BCUT2D eigenvalue weighted by Gasteiger charge is 2.26. The SMILES string of the molecule is CC1SCCSC1c1nc(-c2ccc(CN)cc2)cs1. The molecule has 2 aromatic rings. The quantitative estimate of drug-likeness (QED) is 0.920. The van der Waals surface area contributed by atoms with Gasteiger partial charge in [-0.1, -0.05) is 31.2 Å². The summed E-state index contributed by atoms with van der Waals surface area (Å²) in [5, 5.41) is 4.66. The van der Waals surface area contributed by atoms with Crippen molar-refractivity contribution in [2.24, 2.45) is 5.73 Å². The molecular weight excluding hydrogens is 304 g/mol. The Balaban J connectivity index is 1.81. The van der Waals surface area contributed by atoms with Crippen LogP contribution in [0, 0.1) is 0 Å². The molecular formula is C15H18N2S3. The average Bonchev–Trinajstić information content (AvgIpc) is 2.97. The second-order valence-corrected chi connectivity index (χ2v) is 8.46. The summed E-state index contributed by atoms with van der Waals surface area (Å²) in [5.74, 6) is 2.50. The first-order valence-electron chi connectivity index (χ1n) is 6.76. The Labute approximate surface area is 132 Å². The van der Waals surface area contributed by atoms with Gasteiger partial charge in [0.05, 0.1) is 10.9 Å². The van der Waals surface area contributed by atoms with E-state index in [1.54, 1.807) is 11.3 Å². The summed E-state index contributed by atoms with van der Waals surface area (Å²) in [7, 11) is 0. The number of hydrogen-bond donors (Lipinski definition) is 1. The second-order valence-electron chi connectivity index (χ2n) is 4.84. The minimum Gasteiger partial charge on any atom is -0.326 e. The summed E-state index contributed by atoms with van der Waals surface area (Å²) in [4.78, 5) is 4.86. The van der Waals surface area contributed by atoms with E-state index in [-0.39, 0.29) is 0 Å². The monoisotopic (exact) mass is 322 g/mol. The van der Waals surface area contributed by atoms with Crippen molar-refractivity contribution in [1.82, 2.24) is 4.98 Å². The summed E-state index contributed by atoms with van der Waals surface area (Å²) in [5.41, 5.74) is 9.08. The van der Waals surface area contributed by atoms with E-state index in [0.717, 1.165) is 11.3 Å². The van der Waals surface area contributed by atoms with Crippen LogP contribution in [0.5, 0.6) is 0 Å². The first-order valence-corrected chi connectivity index (χ1v) is 9.73. The maximum Gasteiger partial charge on any atom is 0.107 e. The van der Waals surface area contributed by atoms with Crippen LogP contribution in [-0.4, -0.2) is 21.7 Å². The van der Waals surface area contributed by atoms with E-state index in [0.29, 0.717) is 17.0 Å². The van der Waals surface area contributed by atoms with Gasteiger partial charge in [-0.05, 0) is 5.56 Å². The predicted octanol–water partition coefficient (Wildman–Crippen LogP) is 4.18. The molecule has 1 aliphatic heterocycles. The third kappa shape index (κ3) is 3.06. The van der Waals surface area contributed by atoms with Gasteiger partial charge in [-0.25, -0.2) is 4.98 Å². The normalized spacial score (nSPS) is 22.9. The fourth-order valence-corrected chi connectivity index (χ4v) is 6.27. The van der Waals surface area contributed by atoms with E-state index < -0.39 is 0 Å². The van der Waals surface area contributed by atoms with E-state index in [9.17, 15) is 0 Å². The van der Waals surface area contributed by atoms with Crippen LogP contribution in [0.3, 0.4) is 0 Å². The zero-order chi connectivity index (χ0) is 13.9. The van der Waals surface area contributed by atoms with Gasteiger partial charge in [-0.2, -0.15) is 11.8 Å². The molecule has 0 aliphatic carbocycles. The molecule has 2 nitrogen and oxygen atoms in total. The van der Waals surface area contributed by atoms with Crippen molar-refractivity contribution < 1.29 is 0 Å². The van der Waals surface area contributed by atoms with Crippen LogP contribution in [0.1, 0.15) is 22.7 Å². The van der Waals surface area contributed by atoms with Gasteiger partial charge in [-0.3, -0.25) is 0 Å². The van der Waals surface area contributed by atoms with Crippen LogP contribution in [0.4, 0.5) is 0 Å².